The molecule has 1 aromatic heterocycles. The number of carbonyl (C=O) groups excluding carboxylic acids is 1. The molecule has 1 amide bonds. The van der Waals surface area contributed by atoms with Crippen molar-refractivity contribution in [2.24, 2.45) is 5.92 Å². The molecule has 1 aromatic rings. The molecule has 1 aliphatic heterocycles. The number of piperidine rings is 1. The highest BCUT2D eigenvalue weighted by molar-refractivity contribution is 7.91. The number of hydrogen-bond donors (Lipinski definition) is 2. The maximum absolute atomic E-state index is 12.7. The number of ether oxygens (including phenoxy) is 1. The average Bonchev–Trinajstić information content (AvgIpc) is 3.09. The maximum atomic E-state index is 12.7. The summed E-state index contributed by atoms with van der Waals surface area (Å²) < 4.78 is 32.0. The first-order valence-electron chi connectivity index (χ1n) is 8.53. The van der Waals surface area contributed by atoms with Crippen LogP contribution in [0.2, 0.25) is 0 Å². The second-order valence-corrected chi connectivity index (χ2v) is 9.45. The van der Waals surface area contributed by atoms with Crippen molar-refractivity contribution in [1.82, 2.24) is 14.9 Å². The van der Waals surface area contributed by atoms with Crippen LogP contribution in [-0.4, -0.2) is 65.1 Å². The second-order valence-electron chi connectivity index (χ2n) is 6.20. The van der Waals surface area contributed by atoms with Crippen molar-refractivity contribution < 1.29 is 17.9 Å². The summed E-state index contributed by atoms with van der Waals surface area (Å²) in [6.07, 6.45) is 1.77. The minimum Gasteiger partial charge on any atom is -0.383 e. The minimum atomic E-state index is -3.49. The number of sulfonamides is 1. The molecule has 1 saturated heterocycles. The third-order valence-electron chi connectivity index (χ3n) is 4.21. The van der Waals surface area contributed by atoms with Gasteiger partial charge in [0.2, 0.25) is 0 Å². The topological polar surface area (TPSA) is 87.7 Å². The number of nitrogens with zero attached hydrogens (tertiary/aromatic N) is 1. The van der Waals surface area contributed by atoms with Gasteiger partial charge in [-0.2, -0.15) is 4.31 Å². The van der Waals surface area contributed by atoms with Gasteiger partial charge in [0.1, 0.15) is 4.21 Å². The molecule has 1 fully saturated rings. The van der Waals surface area contributed by atoms with Gasteiger partial charge in [0.15, 0.2) is 0 Å². The van der Waals surface area contributed by atoms with Crippen LogP contribution in [0.15, 0.2) is 16.3 Å². The largest absolute Gasteiger partial charge is 0.383 e. The van der Waals surface area contributed by atoms with Gasteiger partial charge in [0.05, 0.1) is 11.5 Å². The molecule has 1 aliphatic rings. The molecule has 0 spiro atoms. The van der Waals surface area contributed by atoms with Crippen LogP contribution in [0, 0.1) is 5.92 Å². The monoisotopic (exact) mass is 389 g/mol. The molecule has 0 aromatic carbocycles. The van der Waals surface area contributed by atoms with Gasteiger partial charge in [0, 0.05) is 39.8 Å². The molecule has 7 nitrogen and oxygen atoms in total. The number of methoxy groups -OCH3 is 1. The first-order chi connectivity index (χ1) is 11.9. The van der Waals surface area contributed by atoms with Crippen LogP contribution in [0.5, 0.6) is 0 Å². The van der Waals surface area contributed by atoms with Crippen molar-refractivity contribution in [1.29, 1.82) is 0 Å². The summed E-state index contributed by atoms with van der Waals surface area (Å²) in [6.45, 7) is 5.70. The van der Waals surface area contributed by atoms with Gasteiger partial charge in [-0.25, -0.2) is 8.42 Å². The van der Waals surface area contributed by atoms with E-state index in [0.29, 0.717) is 43.6 Å². The predicted molar refractivity (Wildman–Crippen MR) is 98.6 cm³/mol. The number of amides is 1. The molecule has 0 saturated carbocycles. The smallest absolute Gasteiger partial charge is 0.261 e. The van der Waals surface area contributed by atoms with E-state index in [4.69, 9.17) is 4.74 Å². The van der Waals surface area contributed by atoms with E-state index in [1.165, 1.54) is 10.4 Å². The summed E-state index contributed by atoms with van der Waals surface area (Å²) in [5.74, 6) is 0.320. The molecule has 9 heteroatoms. The minimum absolute atomic E-state index is 0.241. The molecule has 2 rings (SSSR count). The lowest BCUT2D eigenvalue weighted by molar-refractivity contribution is 0.0957. The van der Waals surface area contributed by atoms with Gasteiger partial charge in [0.25, 0.3) is 15.9 Å². The molecule has 0 radical (unpaired) electrons. The highest BCUT2D eigenvalue weighted by Crippen LogP contribution is 2.28. The van der Waals surface area contributed by atoms with E-state index < -0.39 is 10.0 Å². The zero-order valence-electron chi connectivity index (χ0n) is 14.8. The Bertz CT molecular complexity index is 652. The number of hydrogen-bond acceptors (Lipinski definition) is 6. The Morgan fingerprint density at radius 1 is 1.28 bits per heavy atom. The molecule has 0 unspecified atom stereocenters. The van der Waals surface area contributed by atoms with Gasteiger partial charge >= 0.3 is 0 Å². The summed E-state index contributed by atoms with van der Waals surface area (Å²) in [4.78, 5) is 12.5. The van der Waals surface area contributed by atoms with Crippen LogP contribution in [-0.2, 0) is 14.8 Å². The molecule has 142 valence electrons. The highest BCUT2D eigenvalue weighted by atomic mass is 32.2. The Hall–Kier alpha value is -1.00. The summed E-state index contributed by atoms with van der Waals surface area (Å²) in [6, 6.07) is 3.11. The lowest BCUT2D eigenvalue weighted by Crippen LogP contribution is -2.37. The number of carbonyl (C=O) groups is 1. The van der Waals surface area contributed by atoms with Gasteiger partial charge in [-0.3, -0.25) is 4.79 Å². The van der Waals surface area contributed by atoms with E-state index in [1.807, 2.05) is 0 Å². The number of nitrogens with one attached hydrogen (secondary N) is 2. The number of thiophene rings is 1. The molecular weight excluding hydrogens is 362 g/mol. The van der Waals surface area contributed by atoms with Crippen LogP contribution in [0.25, 0.3) is 0 Å². The fraction of sp³-hybridized carbons (Fsp3) is 0.688. The van der Waals surface area contributed by atoms with E-state index in [-0.39, 0.29) is 10.1 Å². The Labute approximate surface area is 153 Å². The Balaban J connectivity index is 1.87. The standard InChI is InChI=1S/C16H27N3O4S2/c1-13-5-10-19(11-6-13)25(21,22)15-4-3-14(24-15)16(20)18-8-7-17-9-12-23-2/h3-4,13,17H,5-12H2,1-2H3,(H,18,20). The van der Waals surface area contributed by atoms with E-state index in [9.17, 15) is 13.2 Å². The Morgan fingerprint density at radius 3 is 2.68 bits per heavy atom. The Kier molecular flexibility index (Phi) is 7.82. The third kappa shape index (κ3) is 5.75. The lowest BCUT2D eigenvalue weighted by Gasteiger charge is -2.28. The fourth-order valence-corrected chi connectivity index (χ4v) is 5.43. The highest BCUT2D eigenvalue weighted by Gasteiger charge is 2.29. The van der Waals surface area contributed by atoms with Gasteiger partial charge in [-0.05, 0) is 30.9 Å². The van der Waals surface area contributed by atoms with Crippen molar-refractivity contribution in [3.8, 4) is 0 Å². The van der Waals surface area contributed by atoms with Crippen LogP contribution in [0.3, 0.4) is 0 Å². The first kappa shape index (κ1) is 20.3. The molecule has 0 atom stereocenters. The molecule has 2 heterocycles. The van der Waals surface area contributed by atoms with Crippen molar-refractivity contribution in [2.75, 3.05) is 46.4 Å². The van der Waals surface area contributed by atoms with Gasteiger partial charge in [-0.15, -0.1) is 11.3 Å². The maximum Gasteiger partial charge on any atom is 0.261 e. The first-order valence-corrected chi connectivity index (χ1v) is 10.8. The van der Waals surface area contributed by atoms with E-state index >= 15 is 0 Å². The van der Waals surface area contributed by atoms with Crippen molar-refractivity contribution in [3.05, 3.63) is 17.0 Å². The molecule has 25 heavy (non-hydrogen) atoms. The zero-order chi connectivity index (χ0) is 18.3. The van der Waals surface area contributed by atoms with Crippen molar-refractivity contribution in [2.45, 2.75) is 24.0 Å². The lowest BCUT2D eigenvalue weighted by atomic mass is 10.0. The van der Waals surface area contributed by atoms with Crippen molar-refractivity contribution in [3.63, 3.8) is 0 Å². The van der Waals surface area contributed by atoms with Crippen LogP contribution >= 0.6 is 11.3 Å². The summed E-state index contributed by atoms with van der Waals surface area (Å²) in [5.41, 5.74) is 0. The average molecular weight is 390 g/mol. The van der Waals surface area contributed by atoms with Gasteiger partial charge < -0.3 is 15.4 Å². The molecule has 2 N–H and O–H groups in total. The molecule has 0 aliphatic carbocycles. The van der Waals surface area contributed by atoms with Crippen LogP contribution in [0.1, 0.15) is 29.4 Å². The van der Waals surface area contributed by atoms with Gasteiger partial charge in [-0.1, -0.05) is 6.92 Å². The zero-order valence-corrected chi connectivity index (χ0v) is 16.4. The summed E-state index contributed by atoms with van der Waals surface area (Å²) in [5, 5.41) is 5.92. The van der Waals surface area contributed by atoms with E-state index in [0.717, 1.165) is 30.7 Å². The number of rotatable bonds is 9. The van der Waals surface area contributed by atoms with E-state index in [2.05, 4.69) is 17.6 Å². The predicted octanol–water partition coefficient (Wildman–Crippen LogP) is 1.13. The Morgan fingerprint density at radius 2 is 2.00 bits per heavy atom. The van der Waals surface area contributed by atoms with E-state index in [1.54, 1.807) is 13.2 Å². The third-order valence-corrected chi connectivity index (χ3v) is 7.66. The van der Waals surface area contributed by atoms with Crippen LogP contribution in [0.4, 0.5) is 0 Å². The van der Waals surface area contributed by atoms with Crippen LogP contribution < -0.4 is 10.6 Å². The quantitative estimate of drug-likeness (QED) is 0.618. The molecule has 0 bridgehead atoms. The SMILES string of the molecule is COCCNCCNC(=O)c1ccc(S(=O)(=O)N2CCC(C)CC2)s1. The van der Waals surface area contributed by atoms with Crippen molar-refractivity contribution >= 4 is 27.3 Å². The molecular formula is C16H27N3O4S2. The fourth-order valence-electron chi connectivity index (χ4n) is 2.58. The normalized spacial score (nSPS) is 16.9. The second kappa shape index (κ2) is 9.63. The summed E-state index contributed by atoms with van der Waals surface area (Å²) >= 11 is 1.03. The summed E-state index contributed by atoms with van der Waals surface area (Å²) in [7, 11) is -1.85.